The van der Waals surface area contributed by atoms with Crippen LogP contribution in [-0.2, 0) is 19.2 Å². The van der Waals surface area contributed by atoms with Crippen LogP contribution >= 0.6 is 0 Å². The van der Waals surface area contributed by atoms with E-state index in [0.29, 0.717) is 71.5 Å². The fourth-order valence-electron chi connectivity index (χ4n) is 13.2. The predicted octanol–water partition coefficient (Wildman–Crippen LogP) is 8.07. The second-order valence-electron chi connectivity index (χ2n) is 23.5. The third kappa shape index (κ3) is 15.8. The van der Waals surface area contributed by atoms with Gasteiger partial charge in [-0.1, -0.05) is 77.7 Å². The normalized spacial score (nSPS) is 36.0. The molecule has 4 saturated heterocycles. The van der Waals surface area contributed by atoms with Crippen molar-refractivity contribution in [3.63, 3.8) is 0 Å². The molecule has 12 unspecified atom stereocenters. The SMILES string of the molecule is CNC1CCC(C)CN(C2CC=CC2)C1=O.CNC1CCC(C)CN(C2CC=CCC2)C1=O.CNC1CCC(C)CN(C2CCC3CC3C2)C1=O.CNC1CCC(C)CN(C2CCCCCC2)C1=O. The van der Waals surface area contributed by atoms with Crippen LogP contribution in [0.4, 0.5) is 0 Å². The van der Waals surface area contributed by atoms with Crippen LogP contribution in [0.1, 0.15) is 175 Å². The highest BCUT2D eigenvalue weighted by atomic mass is 16.2. The molecule has 0 spiro atoms. The Morgan fingerprint density at radius 3 is 1.13 bits per heavy atom. The predicted molar refractivity (Wildman–Crippen MR) is 282 cm³/mol. The summed E-state index contributed by atoms with van der Waals surface area (Å²) >= 11 is 0. The van der Waals surface area contributed by atoms with Gasteiger partial charge in [0.1, 0.15) is 0 Å². The van der Waals surface area contributed by atoms with Gasteiger partial charge in [-0.15, -0.1) is 0 Å². The number of likely N-dealkylation sites (tertiary alicyclic amines) is 4. The van der Waals surface area contributed by atoms with E-state index < -0.39 is 0 Å². The fourth-order valence-corrected chi connectivity index (χ4v) is 13.2. The molecular formula is C57H100N8O4. The Morgan fingerprint density at radius 2 is 0.739 bits per heavy atom. The molecular weight excluding hydrogens is 861 g/mol. The van der Waals surface area contributed by atoms with Gasteiger partial charge in [-0.25, -0.2) is 0 Å². The van der Waals surface area contributed by atoms with Gasteiger partial charge in [-0.2, -0.15) is 0 Å². The highest BCUT2D eigenvalue weighted by molar-refractivity contribution is 5.84. The molecule has 4 heterocycles. The van der Waals surface area contributed by atoms with Crippen LogP contribution in [0.2, 0.25) is 0 Å². The number of nitrogens with zero attached hydrogens (tertiary/aromatic N) is 4. The zero-order valence-corrected chi connectivity index (χ0v) is 44.9. The molecule has 0 aromatic rings. The summed E-state index contributed by atoms with van der Waals surface area (Å²) in [5, 5.41) is 12.8. The van der Waals surface area contributed by atoms with Crippen molar-refractivity contribution >= 4 is 23.6 Å². The Hall–Kier alpha value is -2.80. The maximum absolute atomic E-state index is 12.6. The molecule has 3 saturated carbocycles. The zero-order valence-electron chi connectivity index (χ0n) is 44.9. The summed E-state index contributed by atoms with van der Waals surface area (Å²) < 4.78 is 0. The third-order valence-electron chi connectivity index (χ3n) is 17.9. The highest BCUT2D eigenvalue weighted by Crippen LogP contribution is 2.50. The maximum atomic E-state index is 12.6. The number of hydrogen-bond acceptors (Lipinski definition) is 8. The van der Waals surface area contributed by atoms with Gasteiger partial charge in [0.05, 0.1) is 24.2 Å². The molecule has 0 bridgehead atoms. The van der Waals surface area contributed by atoms with E-state index >= 15 is 0 Å². The molecule has 12 atom stereocenters. The van der Waals surface area contributed by atoms with Crippen molar-refractivity contribution in [1.82, 2.24) is 40.9 Å². The molecule has 12 heteroatoms. The lowest BCUT2D eigenvalue weighted by Gasteiger charge is -2.36. The number of carbonyl (C=O) groups excluding carboxylic acids is 4. The van der Waals surface area contributed by atoms with E-state index in [4.69, 9.17) is 0 Å². The number of carbonyl (C=O) groups is 4. The number of likely N-dealkylation sites (N-methyl/N-ethyl adjacent to an activating group) is 4. The van der Waals surface area contributed by atoms with Gasteiger partial charge in [0.2, 0.25) is 23.6 Å². The quantitative estimate of drug-likeness (QED) is 0.142. The van der Waals surface area contributed by atoms with Crippen molar-refractivity contribution in [1.29, 1.82) is 0 Å². The van der Waals surface area contributed by atoms with Crippen molar-refractivity contribution in [2.75, 3.05) is 54.4 Å². The summed E-state index contributed by atoms with van der Waals surface area (Å²) in [6.45, 7) is 12.9. The van der Waals surface area contributed by atoms with E-state index in [2.05, 4.69) is 92.9 Å². The van der Waals surface area contributed by atoms with Crippen molar-refractivity contribution in [3.8, 4) is 0 Å². The lowest BCUT2D eigenvalue weighted by Crippen LogP contribution is -2.49. The van der Waals surface area contributed by atoms with E-state index in [1.807, 2.05) is 28.2 Å². The summed E-state index contributed by atoms with van der Waals surface area (Å²) in [5.41, 5.74) is 0. The minimum atomic E-state index is 0.0329. The average Bonchev–Trinajstić information content (AvgIpc) is 4.13. The maximum Gasteiger partial charge on any atom is 0.239 e. The molecule has 4 amide bonds. The third-order valence-corrected chi connectivity index (χ3v) is 17.9. The Kier molecular flexibility index (Phi) is 22.4. The summed E-state index contributed by atoms with van der Waals surface area (Å²) in [4.78, 5) is 58.7. The van der Waals surface area contributed by atoms with Gasteiger partial charge in [0.15, 0.2) is 0 Å². The lowest BCUT2D eigenvalue weighted by atomic mass is 9.93. The standard InChI is InChI=1S/C15H26N2O.C15H28N2O.C14H24N2O.C13H22N2O/c1-10-3-6-14(16-2)15(18)17(9-10)13-5-4-11-7-12(11)8-13;1-12-9-10-14(16-2)15(18)17(11-12)13-7-5-3-4-6-8-13;1-11-8-9-13(15-2)14(17)16(10-11)12-6-4-3-5-7-12;1-10-7-8-12(14-2)13(16)15(9-10)11-5-3-4-6-11/h10-14,16H,3-9H2,1-2H3;12-14,16H,3-11H2,1-2H3;3-4,11-13,15H,5-10H2,1-2H3;3-4,10-12,14H,5-9H2,1-2H3. The van der Waals surface area contributed by atoms with E-state index in [-0.39, 0.29) is 24.2 Å². The minimum Gasteiger partial charge on any atom is -0.338 e. The van der Waals surface area contributed by atoms with E-state index in [1.54, 1.807) is 0 Å². The molecule has 12 nitrogen and oxygen atoms in total. The smallest absolute Gasteiger partial charge is 0.239 e. The van der Waals surface area contributed by atoms with Gasteiger partial charge in [-0.05, 0) is 186 Å². The van der Waals surface area contributed by atoms with Crippen LogP contribution < -0.4 is 21.3 Å². The van der Waals surface area contributed by atoms with Gasteiger partial charge in [0.25, 0.3) is 0 Å². The Morgan fingerprint density at radius 1 is 0.362 bits per heavy atom. The second-order valence-corrected chi connectivity index (χ2v) is 23.5. The first-order valence-corrected chi connectivity index (χ1v) is 28.6. The summed E-state index contributed by atoms with van der Waals surface area (Å²) in [6.07, 6.45) is 35.9. The second kappa shape index (κ2) is 27.9. The molecule has 0 aromatic carbocycles. The van der Waals surface area contributed by atoms with E-state index in [1.165, 1.54) is 77.0 Å². The number of rotatable bonds is 8. The molecule has 5 aliphatic carbocycles. The number of nitrogens with one attached hydrogen (secondary N) is 4. The van der Waals surface area contributed by atoms with Crippen molar-refractivity contribution in [2.24, 2.45) is 35.5 Å². The summed E-state index contributed by atoms with van der Waals surface area (Å²) in [6, 6.07) is 2.09. The van der Waals surface area contributed by atoms with Crippen LogP contribution in [0.3, 0.4) is 0 Å². The first-order chi connectivity index (χ1) is 33.3. The molecule has 69 heavy (non-hydrogen) atoms. The molecule has 0 aromatic heterocycles. The largest absolute Gasteiger partial charge is 0.338 e. The summed E-state index contributed by atoms with van der Waals surface area (Å²) in [7, 11) is 7.64. The fraction of sp³-hybridized carbons (Fsp3) is 0.860. The van der Waals surface area contributed by atoms with E-state index in [9.17, 15) is 19.2 Å². The van der Waals surface area contributed by atoms with Crippen LogP contribution in [0.25, 0.3) is 0 Å². The number of hydrogen-bond donors (Lipinski definition) is 4. The van der Waals surface area contributed by atoms with Crippen LogP contribution in [0, 0.1) is 35.5 Å². The van der Waals surface area contributed by atoms with Crippen molar-refractivity contribution in [3.05, 3.63) is 24.3 Å². The Balaban J connectivity index is 0.000000151. The topological polar surface area (TPSA) is 129 Å². The zero-order chi connectivity index (χ0) is 49.5. The Bertz CT molecular complexity index is 1620. The molecule has 9 rings (SSSR count). The monoisotopic (exact) mass is 961 g/mol. The molecule has 4 aliphatic heterocycles. The van der Waals surface area contributed by atoms with Crippen LogP contribution in [0.5, 0.6) is 0 Å². The van der Waals surface area contributed by atoms with Crippen LogP contribution in [-0.4, -0.2) is 146 Å². The minimum absolute atomic E-state index is 0.0329. The molecule has 0 radical (unpaired) electrons. The molecule has 392 valence electrons. The Labute approximate surface area is 420 Å². The number of fused-ring (bicyclic) bond motifs is 1. The average molecular weight is 961 g/mol. The van der Waals surface area contributed by atoms with Gasteiger partial charge in [-0.3, -0.25) is 19.2 Å². The van der Waals surface area contributed by atoms with Gasteiger partial charge >= 0.3 is 0 Å². The number of amides is 4. The number of allylic oxidation sites excluding steroid dienone is 1. The molecule has 9 aliphatic rings. The summed E-state index contributed by atoms with van der Waals surface area (Å²) in [5.74, 6) is 5.87. The van der Waals surface area contributed by atoms with Crippen molar-refractivity contribution < 1.29 is 19.2 Å². The first kappa shape index (κ1) is 55.5. The van der Waals surface area contributed by atoms with Crippen molar-refractivity contribution in [2.45, 2.75) is 224 Å². The molecule has 4 N–H and O–H groups in total. The molecule has 7 fully saturated rings. The van der Waals surface area contributed by atoms with E-state index in [0.717, 1.165) is 109 Å². The first-order valence-electron chi connectivity index (χ1n) is 28.6. The van der Waals surface area contributed by atoms with Crippen LogP contribution in [0.15, 0.2) is 24.3 Å². The van der Waals surface area contributed by atoms with Gasteiger partial charge < -0.3 is 40.9 Å². The van der Waals surface area contributed by atoms with Gasteiger partial charge in [0, 0.05) is 50.3 Å². The lowest BCUT2D eigenvalue weighted by molar-refractivity contribution is -0.136. The highest BCUT2D eigenvalue weighted by Gasteiger charge is 2.45.